The van der Waals surface area contributed by atoms with Crippen molar-refractivity contribution in [3.05, 3.63) is 29.6 Å². The molecule has 0 saturated heterocycles. The maximum absolute atomic E-state index is 13.3. The lowest BCUT2D eigenvalue weighted by molar-refractivity contribution is -0.138. The van der Waals surface area contributed by atoms with E-state index < -0.39 is 12.0 Å². The fourth-order valence-corrected chi connectivity index (χ4v) is 1.67. The van der Waals surface area contributed by atoms with Gasteiger partial charge in [0.05, 0.1) is 5.69 Å². The maximum Gasteiger partial charge on any atom is 0.326 e. The molecule has 1 aromatic carbocycles. The van der Waals surface area contributed by atoms with E-state index in [2.05, 4.69) is 5.32 Å². The van der Waals surface area contributed by atoms with E-state index in [9.17, 15) is 9.18 Å². The molecule has 0 bridgehead atoms. The van der Waals surface area contributed by atoms with Crippen LogP contribution < -0.4 is 5.32 Å². The lowest BCUT2D eigenvalue weighted by atomic mass is 9.98. The second kappa shape index (κ2) is 3.29. The molecule has 0 saturated carbocycles. The molecule has 14 heavy (non-hydrogen) atoms. The molecule has 0 spiro atoms. The minimum atomic E-state index is -0.932. The quantitative estimate of drug-likeness (QED) is 0.716. The maximum atomic E-state index is 13.3. The van der Waals surface area contributed by atoms with Crippen molar-refractivity contribution in [2.75, 3.05) is 5.32 Å². The molecule has 3 nitrogen and oxygen atoms in total. The summed E-state index contributed by atoms with van der Waals surface area (Å²) in [5, 5.41) is 11.5. The smallest absolute Gasteiger partial charge is 0.326 e. The van der Waals surface area contributed by atoms with Crippen molar-refractivity contribution in [1.82, 2.24) is 0 Å². The van der Waals surface area contributed by atoms with Gasteiger partial charge in [0, 0.05) is 0 Å². The normalized spacial score (nSPS) is 19.6. The van der Waals surface area contributed by atoms with Gasteiger partial charge < -0.3 is 10.4 Å². The zero-order valence-corrected chi connectivity index (χ0v) is 7.46. The summed E-state index contributed by atoms with van der Waals surface area (Å²) in [5.41, 5.74) is 1.19. The number of benzene rings is 1. The van der Waals surface area contributed by atoms with E-state index in [1.807, 2.05) is 6.07 Å². The standard InChI is InChI=1S/C10H10FNO2/c11-7-3-1-2-6-4-5-8(10(13)14)12-9(6)7/h1-3,8,12H,4-5H2,(H,13,14). The topological polar surface area (TPSA) is 49.3 Å². The first-order chi connectivity index (χ1) is 6.68. The van der Waals surface area contributed by atoms with E-state index in [4.69, 9.17) is 5.11 Å². The van der Waals surface area contributed by atoms with Crippen LogP contribution >= 0.6 is 0 Å². The lowest BCUT2D eigenvalue weighted by Gasteiger charge is -2.24. The molecule has 0 fully saturated rings. The van der Waals surface area contributed by atoms with Gasteiger partial charge in [-0.3, -0.25) is 0 Å². The predicted octanol–water partition coefficient (Wildman–Crippen LogP) is 1.64. The van der Waals surface area contributed by atoms with Gasteiger partial charge in [-0.1, -0.05) is 12.1 Å². The molecule has 1 aromatic rings. The molecule has 0 amide bonds. The highest BCUT2D eigenvalue weighted by Crippen LogP contribution is 2.27. The van der Waals surface area contributed by atoms with Crippen molar-refractivity contribution in [3.63, 3.8) is 0 Å². The second-order valence-corrected chi connectivity index (χ2v) is 3.35. The number of para-hydroxylation sites is 1. The third kappa shape index (κ3) is 1.43. The number of hydrogen-bond acceptors (Lipinski definition) is 2. The highest BCUT2D eigenvalue weighted by molar-refractivity contribution is 5.78. The summed E-state index contributed by atoms with van der Waals surface area (Å²) >= 11 is 0. The van der Waals surface area contributed by atoms with Crippen LogP contribution in [0.2, 0.25) is 0 Å². The Morgan fingerprint density at radius 1 is 1.57 bits per heavy atom. The Hall–Kier alpha value is -1.58. The Balaban J connectivity index is 2.33. The van der Waals surface area contributed by atoms with Crippen LogP contribution in [-0.2, 0) is 11.2 Å². The summed E-state index contributed by atoms with van der Waals surface area (Å²) in [4.78, 5) is 10.7. The van der Waals surface area contributed by atoms with Gasteiger partial charge in [0.15, 0.2) is 0 Å². The van der Waals surface area contributed by atoms with Gasteiger partial charge in [-0.25, -0.2) is 9.18 Å². The molecule has 0 radical (unpaired) electrons. The average Bonchev–Trinajstić information content (AvgIpc) is 2.18. The highest BCUT2D eigenvalue weighted by Gasteiger charge is 2.24. The first-order valence-electron chi connectivity index (χ1n) is 4.45. The van der Waals surface area contributed by atoms with Crippen LogP contribution in [-0.4, -0.2) is 17.1 Å². The van der Waals surface area contributed by atoms with Crippen LogP contribution in [0, 0.1) is 5.82 Å². The Bertz CT molecular complexity index is 378. The molecule has 1 unspecified atom stereocenters. The Morgan fingerprint density at radius 2 is 2.36 bits per heavy atom. The molecular formula is C10H10FNO2. The van der Waals surface area contributed by atoms with Gasteiger partial charge in [0.2, 0.25) is 0 Å². The van der Waals surface area contributed by atoms with Gasteiger partial charge in [-0.05, 0) is 24.5 Å². The summed E-state index contributed by atoms with van der Waals surface area (Å²) in [6.07, 6.45) is 1.11. The molecule has 1 aliphatic rings. The van der Waals surface area contributed by atoms with Crippen LogP contribution in [0.25, 0.3) is 0 Å². The van der Waals surface area contributed by atoms with Crippen LogP contribution in [0.5, 0.6) is 0 Å². The van der Waals surface area contributed by atoms with E-state index in [0.717, 1.165) is 5.56 Å². The molecule has 0 aromatic heterocycles. The summed E-state index contributed by atoms with van der Waals surface area (Å²) in [6.45, 7) is 0. The van der Waals surface area contributed by atoms with E-state index in [0.29, 0.717) is 18.5 Å². The largest absolute Gasteiger partial charge is 0.480 e. The SMILES string of the molecule is O=C(O)C1CCc2cccc(F)c2N1. The van der Waals surface area contributed by atoms with E-state index in [-0.39, 0.29) is 5.82 Å². The molecule has 1 heterocycles. The van der Waals surface area contributed by atoms with Crippen LogP contribution in [0.15, 0.2) is 18.2 Å². The molecule has 0 aliphatic carbocycles. The van der Waals surface area contributed by atoms with Gasteiger partial charge >= 0.3 is 5.97 Å². The third-order valence-electron chi connectivity index (χ3n) is 2.42. The Kier molecular flexibility index (Phi) is 2.11. The van der Waals surface area contributed by atoms with Crippen molar-refractivity contribution >= 4 is 11.7 Å². The van der Waals surface area contributed by atoms with Crippen molar-refractivity contribution in [1.29, 1.82) is 0 Å². The molecule has 4 heteroatoms. The first-order valence-corrected chi connectivity index (χ1v) is 4.45. The number of aryl methyl sites for hydroxylation is 1. The summed E-state index contributed by atoms with van der Waals surface area (Å²) in [7, 11) is 0. The van der Waals surface area contributed by atoms with Gasteiger partial charge in [0.25, 0.3) is 0 Å². The highest BCUT2D eigenvalue weighted by atomic mass is 19.1. The van der Waals surface area contributed by atoms with Gasteiger partial charge in [0.1, 0.15) is 11.9 Å². The van der Waals surface area contributed by atoms with Crippen LogP contribution in [0.4, 0.5) is 10.1 Å². The van der Waals surface area contributed by atoms with Crippen molar-refractivity contribution < 1.29 is 14.3 Å². The number of halogens is 1. The van der Waals surface area contributed by atoms with E-state index >= 15 is 0 Å². The first kappa shape index (κ1) is 8.99. The lowest BCUT2D eigenvalue weighted by Crippen LogP contribution is -2.33. The average molecular weight is 195 g/mol. The van der Waals surface area contributed by atoms with Crippen molar-refractivity contribution in [2.24, 2.45) is 0 Å². The number of carboxylic acid groups (broad SMARTS) is 1. The number of hydrogen-bond donors (Lipinski definition) is 2. The second-order valence-electron chi connectivity index (χ2n) is 3.35. The zero-order chi connectivity index (χ0) is 10.1. The Labute approximate surface area is 80.6 Å². The predicted molar refractivity (Wildman–Crippen MR) is 49.8 cm³/mol. The number of anilines is 1. The monoisotopic (exact) mass is 195 g/mol. The minimum absolute atomic E-state index is 0.339. The van der Waals surface area contributed by atoms with Crippen LogP contribution in [0.1, 0.15) is 12.0 Å². The molecule has 1 aliphatic heterocycles. The number of rotatable bonds is 1. The molecule has 1 atom stereocenters. The number of aliphatic carboxylic acids is 1. The fraction of sp³-hybridized carbons (Fsp3) is 0.300. The van der Waals surface area contributed by atoms with Crippen molar-refractivity contribution in [3.8, 4) is 0 Å². The van der Waals surface area contributed by atoms with Crippen molar-refractivity contribution in [2.45, 2.75) is 18.9 Å². The van der Waals surface area contributed by atoms with Gasteiger partial charge in [-0.2, -0.15) is 0 Å². The van der Waals surface area contributed by atoms with Crippen LogP contribution in [0.3, 0.4) is 0 Å². The van der Waals surface area contributed by atoms with Gasteiger partial charge in [-0.15, -0.1) is 0 Å². The molecule has 2 rings (SSSR count). The van der Waals surface area contributed by atoms with E-state index in [1.54, 1.807) is 6.07 Å². The number of fused-ring (bicyclic) bond motifs is 1. The summed E-state index contributed by atoms with van der Waals surface area (Å²) < 4.78 is 13.3. The number of carbonyl (C=O) groups is 1. The number of carboxylic acids is 1. The minimum Gasteiger partial charge on any atom is -0.480 e. The Morgan fingerprint density at radius 3 is 3.07 bits per heavy atom. The molecule has 74 valence electrons. The zero-order valence-electron chi connectivity index (χ0n) is 7.46. The van der Waals surface area contributed by atoms with E-state index in [1.165, 1.54) is 6.07 Å². The summed E-state index contributed by atoms with van der Waals surface area (Å²) in [6, 6.07) is 4.11. The number of nitrogens with one attached hydrogen (secondary N) is 1. The molecular weight excluding hydrogens is 185 g/mol. The molecule has 2 N–H and O–H groups in total. The summed E-state index contributed by atoms with van der Waals surface area (Å²) in [5.74, 6) is -1.31. The fourth-order valence-electron chi connectivity index (χ4n) is 1.67. The third-order valence-corrected chi connectivity index (χ3v) is 2.42.